The van der Waals surface area contributed by atoms with Crippen LogP contribution in [0.1, 0.15) is 13.3 Å². The summed E-state index contributed by atoms with van der Waals surface area (Å²) in [5, 5.41) is -0.327. The molecule has 0 amide bonds. The van der Waals surface area contributed by atoms with Gasteiger partial charge in [0, 0.05) is 11.3 Å². The van der Waals surface area contributed by atoms with Gasteiger partial charge in [-0.1, -0.05) is 0 Å². The topological polar surface area (TPSA) is 43.4 Å². The molecule has 0 saturated carbocycles. The van der Waals surface area contributed by atoms with Crippen LogP contribution >= 0.6 is 11.6 Å². The Morgan fingerprint density at radius 3 is 2.55 bits per heavy atom. The number of methoxy groups -OCH3 is 1. The molecular weight excluding hydrogens is 168 g/mol. The normalized spacial score (nSPS) is 15.2. The van der Waals surface area contributed by atoms with Crippen LogP contribution in [-0.4, -0.2) is 24.7 Å². The molecule has 0 radical (unpaired) electrons. The Kier molecular flexibility index (Phi) is 4.86. The molecule has 0 fully saturated rings. The van der Waals surface area contributed by atoms with Gasteiger partial charge >= 0.3 is 5.97 Å². The number of hydrogen-bond acceptors (Lipinski definition) is 3. The van der Waals surface area contributed by atoms with Crippen LogP contribution in [0.15, 0.2) is 0 Å². The summed E-state index contributed by atoms with van der Waals surface area (Å²) in [7, 11) is 1.28. The molecule has 0 aliphatic rings. The van der Waals surface area contributed by atoms with E-state index in [2.05, 4.69) is 4.74 Å². The molecule has 0 bridgehead atoms. The molecule has 0 saturated heterocycles. The summed E-state index contributed by atoms with van der Waals surface area (Å²) >= 11 is 5.61. The first-order chi connectivity index (χ1) is 5.11. The maximum atomic E-state index is 10.6. The third-order valence-electron chi connectivity index (χ3n) is 1.39. The van der Waals surface area contributed by atoms with E-state index >= 15 is 0 Å². The lowest BCUT2D eigenvalue weighted by molar-refractivity contribution is -0.142. The van der Waals surface area contributed by atoms with Crippen molar-refractivity contribution >= 4 is 23.9 Å². The third kappa shape index (κ3) is 3.98. The molecule has 2 unspecified atom stereocenters. The molecule has 0 aliphatic carbocycles. The highest BCUT2D eigenvalue weighted by molar-refractivity contribution is 6.21. The summed E-state index contributed by atoms with van der Waals surface area (Å²) in [6, 6.07) is 0. The van der Waals surface area contributed by atoms with E-state index < -0.39 is 11.9 Å². The fraction of sp³-hybridized carbons (Fsp3) is 0.714. The second-order valence-corrected chi connectivity index (χ2v) is 2.95. The standard InChI is InChI=1S/C7H11ClO3/c1-5(8)6(4-9)3-7(10)11-2/h4-6H,3H2,1-2H3. The van der Waals surface area contributed by atoms with Crippen LogP contribution in [0, 0.1) is 5.92 Å². The summed E-state index contributed by atoms with van der Waals surface area (Å²) in [5.41, 5.74) is 0. The number of esters is 1. The summed E-state index contributed by atoms with van der Waals surface area (Å²) in [6.07, 6.45) is 0.735. The number of alkyl halides is 1. The van der Waals surface area contributed by atoms with Gasteiger partial charge in [-0.2, -0.15) is 0 Å². The third-order valence-corrected chi connectivity index (χ3v) is 1.72. The van der Waals surface area contributed by atoms with Crippen molar-refractivity contribution in [1.82, 2.24) is 0 Å². The van der Waals surface area contributed by atoms with Gasteiger partial charge in [-0.3, -0.25) is 4.79 Å². The Balaban J connectivity index is 3.87. The van der Waals surface area contributed by atoms with Gasteiger partial charge in [0.15, 0.2) is 0 Å². The second-order valence-electron chi connectivity index (χ2n) is 2.26. The largest absolute Gasteiger partial charge is 0.469 e. The second kappa shape index (κ2) is 5.13. The Labute approximate surface area is 70.7 Å². The summed E-state index contributed by atoms with van der Waals surface area (Å²) in [4.78, 5) is 21.0. The smallest absolute Gasteiger partial charge is 0.306 e. The monoisotopic (exact) mass is 178 g/mol. The molecule has 64 valence electrons. The Morgan fingerprint density at radius 1 is 1.73 bits per heavy atom. The number of hydrogen-bond donors (Lipinski definition) is 0. The van der Waals surface area contributed by atoms with Crippen molar-refractivity contribution in [3.8, 4) is 0 Å². The van der Waals surface area contributed by atoms with E-state index in [0.29, 0.717) is 6.29 Å². The van der Waals surface area contributed by atoms with Crippen LogP contribution in [-0.2, 0) is 14.3 Å². The van der Waals surface area contributed by atoms with Crippen molar-refractivity contribution < 1.29 is 14.3 Å². The highest BCUT2D eigenvalue weighted by Gasteiger charge is 2.18. The molecule has 3 nitrogen and oxygen atoms in total. The highest BCUT2D eigenvalue weighted by Crippen LogP contribution is 2.12. The molecular formula is C7H11ClO3. The zero-order valence-corrected chi connectivity index (χ0v) is 7.30. The molecule has 0 N–H and O–H groups in total. The van der Waals surface area contributed by atoms with Gasteiger partial charge in [-0.05, 0) is 6.92 Å². The van der Waals surface area contributed by atoms with Gasteiger partial charge in [-0.15, -0.1) is 11.6 Å². The van der Waals surface area contributed by atoms with Crippen molar-refractivity contribution in [3.05, 3.63) is 0 Å². The van der Waals surface area contributed by atoms with Gasteiger partial charge in [-0.25, -0.2) is 0 Å². The van der Waals surface area contributed by atoms with Gasteiger partial charge < -0.3 is 9.53 Å². The van der Waals surface area contributed by atoms with Gasteiger partial charge in [0.1, 0.15) is 6.29 Å². The average Bonchev–Trinajstić information content (AvgIpc) is 1.99. The van der Waals surface area contributed by atoms with Crippen molar-refractivity contribution in [2.24, 2.45) is 5.92 Å². The lowest BCUT2D eigenvalue weighted by Gasteiger charge is -2.09. The molecule has 0 rings (SSSR count). The molecule has 4 heteroatoms. The molecule has 11 heavy (non-hydrogen) atoms. The number of aldehydes is 1. The predicted octanol–water partition coefficient (Wildman–Crippen LogP) is 0.992. The molecule has 0 aliphatic heterocycles. The maximum Gasteiger partial charge on any atom is 0.306 e. The molecule has 0 aromatic heterocycles. The van der Waals surface area contributed by atoms with E-state index in [0.717, 1.165) is 0 Å². The number of rotatable bonds is 4. The average molecular weight is 179 g/mol. The first-order valence-corrected chi connectivity index (χ1v) is 3.71. The zero-order valence-electron chi connectivity index (χ0n) is 6.54. The SMILES string of the molecule is COC(=O)CC(C=O)C(C)Cl. The van der Waals surface area contributed by atoms with Crippen LogP contribution in [0.25, 0.3) is 0 Å². The number of carbonyl (C=O) groups is 2. The Bertz CT molecular complexity index is 145. The van der Waals surface area contributed by atoms with E-state index in [1.54, 1.807) is 6.92 Å². The van der Waals surface area contributed by atoms with E-state index in [4.69, 9.17) is 11.6 Å². The van der Waals surface area contributed by atoms with Crippen molar-refractivity contribution in [2.75, 3.05) is 7.11 Å². The first kappa shape index (κ1) is 10.4. The summed E-state index contributed by atoms with van der Waals surface area (Å²) in [5.74, 6) is -0.848. The summed E-state index contributed by atoms with van der Waals surface area (Å²) in [6.45, 7) is 1.67. The van der Waals surface area contributed by atoms with Gasteiger partial charge in [0.2, 0.25) is 0 Å². The van der Waals surface area contributed by atoms with E-state index in [9.17, 15) is 9.59 Å². The summed E-state index contributed by atoms with van der Waals surface area (Å²) < 4.78 is 4.38. The lowest BCUT2D eigenvalue weighted by Crippen LogP contribution is -2.18. The van der Waals surface area contributed by atoms with Gasteiger partial charge in [0.05, 0.1) is 13.5 Å². The van der Waals surface area contributed by atoms with Crippen molar-refractivity contribution in [1.29, 1.82) is 0 Å². The van der Waals surface area contributed by atoms with Crippen LogP contribution < -0.4 is 0 Å². The minimum absolute atomic E-state index is 0.0602. The highest BCUT2D eigenvalue weighted by atomic mass is 35.5. The molecule has 2 atom stereocenters. The van der Waals surface area contributed by atoms with E-state index in [-0.39, 0.29) is 11.8 Å². The maximum absolute atomic E-state index is 10.6. The van der Waals surface area contributed by atoms with Crippen LogP contribution in [0.4, 0.5) is 0 Å². The van der Waals surface area contributed by atoms with Crippen LogP contribution in [0.2, 0.25) is 0 Å². The number of carbonyl (C=O) groups excluding carboxylic acids is 2. The molecule has 0 aromatic rings. The molecule has 0 heterocycles. The van der Waals surface area contributed by atoms with E-state index in [1.165, 1.54) is 7.11 Å². The minimum atomic E-state index is -0.441. The number of ether oxygens (including phenoxy) is 1. The molecule has 0 aromatic carbocycles. The van der Waals surface area contributed by atoms with Crippen molar-refractivity contribution in [2.45, 2.75) is 18.7 Å². The van der Waals surface area contributed by atoms with Crippen LogP contribution in [0.3, 0.4) is 0 Å². The predicted molar refractivity (Wildman–Crippen MR) is 41.5 cm³/mol. The van der Waals surface area contributed by atoms with Crippen molar-refractivity contribution in [3.63, 3.8) is 0 Å². The zero-order chi connectivity index (χ0) is 8.85. The quantitative estimate of drug-likeness (QED) is 0.366. The first-order valence-electron chi connectivity index (χ1n) is 3.28. The fourth-order valence-corrected chi connectivity index (χ4v) is 0.743. The van der Waals surface area contributed by atoms with Crippen LogP contribution in [0.5, 0.6) is 0 Å². The number of halogens is 1. The Hall–Kier alpha value is -0.570. The van der Waals surface area contributed by atoms with Gasteiger partial charge in [0.25, 0.3) is 0 Å². The lowest BCUT2D eigenvalue weighted by atomic mass is 10.0. The fourth-order valence-electron chi connectivity index (χ4n) is 0.595. The van der Waals surface area contributed by atoms with E-state index in [1.807, 2.05) is 0 Å². The molecule has 0 spiro atoms. The minimum Gasteiger partial charge on any atom is -0.469 e. The Morgan fingerprint density at radius 2 is 2.27 bits per heavy atom.